The number of halogens is 5. The van der Waals surface area contributed by atoms with Crippen LogP contribution in [0.2, 0.25) is 0 Å². The van der Waals surface area contributed by atoms with E-state index in [0.29, 0.717) is 0 Å². The van der Waals surface area contributed by atoms with E-state index in [1.165, 1.54) is 0 Å². The van der Waals surface area contributed by atoms with Crippen molar-refractivity contribution in [1.82, 2.24) is 4.72 Å². The summed E-state index contributed by atoms with van der Waals surface area (Å²) in [5.74, 6) is 0. The zero-order valence-electron chi connectivity index (χ0n) is 4.65. The summed E-state index contributed by atoms with van der Waals surface area (Å²) in [6, 6.07) is -5.39. The second-order valence-electron chi connectivity index (χ2n) is 1.44. The summed E-state index contributed by atoms with van der Waals surface area (Å²) < 4.78 is 75.3. The molecule has 0 rings (SSSR count). The molecule has 0 unspecified atom stereocenters. The Hall–Kier alpha value is -0.440. The Morgan fingerprint density at radius 3 is 1.45 bits per heavy atom. The van der Waals surface area contributed by atoms with Crippen LogP contribution in [0.1, 0.15) is 0 Å². The first kappa shape index (κ1) is 10.6. The van der Waals surface area contributed by atoms with Gasteiger partial charge in [-0.1, -0.05) is 0 Å². The van der Waals surface area contributed by atoms with Gasteiger partial charge in [0.15, 0.2) is 0 Å². The Bertz CT molecular complexity index is 199. The minimum Gasteiger partial charge on any atom is -0.215 e. The van der Waals surface area contributed by atoms with Gasteiger partial charge in [0, 0.05) is 0 Å². The van der Waals surface area contributed by atoms with Crippen LogP contribution in [0.5, 0.6) is 0 Å². The Kier molecular flexibility index (Phi) is 2.78. The first-order valence-corrected chi connectivity index (χ1v) is 3.21. The van der Waals surface area contributed by atoms with Crippen LogP contribution in [0.15, 0.2) is 0 Å². The highest BCUT2D eigenvalue weighted by molar-refractivity contribution is 7.70. The first-order chi connectivity index (χ1) is 4.67. The van der Waals surface area contributed by atoms with E-state index in [1.807, 2.05) is 0 Å². The van der Waals surface area contributed by atoms with Crippen LogP contribution in [0, 0.1) is 0 Å². The van der Waals surface area contributed by atoms with Gasteiger partial charge in [-0.05, 0) is 0 Å². The molecule has 0 fully saturated rings. The van der Waals surface area contributed by atoms with Gasteiger partial charge in [-0.2, -0.15) is 22.0 Å². The predicted octanol–water partition coefficient (Wildman–Crippen LogP) is 0.258. The summed E-state index contributed by atoms with van der Waals surface area (Å²) in [6.45, 7) is 0. The highest BCUT2D eigenvalue weighted by Crippen LogP contribution is 2.32. The van der Waals surface area contributed by atoms with Crippen LogP contribution >= 0.6 is 0 Å². The van der Waals surface area contributed by atoms with Crippen LogP contribution in [0.4, 0.5) is 22.0 Å². The Labute approximate surface area is 59.3 Å². The third kappa shape index (κ3) is 2.97. The molecule has 0 saturated heterocycles. The minimum atomic E-state index is -5.90. The molecule has 0 aromatic carbocycles. The van der Waals surface area contributed by atoms with Gasteiger partial charge >= 0.3 is 12.2 Å². The predicted molar refractivity (Wildman–Crippen MR) is 24.5 cm³/mol. The Morgan fingerprint density at radius 2 is 1.36 bits per heavy atom. The van der Waals surface area contributed by atoms with E-state index in [0.717, 1.165) is 0 Å². The number of alkyl halides is 5. The SMILES string of the molecule is O=[SH](=O)NC(F)(F)C(F)(F)F. The fraction of sp³-hybridized carbons (Fsp3) is 1.00. The smallest absolute Gasteiger partial charge is 0.215 e. The number of rotatable bonds is 2. The molecular weight excluding hydrogens is 197 g/mol. The van der Waals surface area contributed by atoms with Gasteiger partial charge in [0.1, 0.15) is 0 Å². The second kappa shape index (κ2) is 2.89. The van der Waals surface area contributed by atoms with Crippen molar-refractivity contribution in [3.63, 3.8) is 0 Å². The van der Waals surface area contributed by atoms with E-state index < -0.39 is 23.1 Å². The van der Waals surface area contributed by atoms with Crippen LogP contribution in [0.3, 0.4) is 0 Å². The molecule has 0 heterocycles. The van der Waals surface area contributed by atoms with Gasteiger partial charge in [-0.15, -0.1) is 4.72 Å². The normalized spacial score (nSPS) is 14.0. The highest BCUT2D eigenvalue weighted by Gasteiger charge is 2.58. The zero-order chi connectivity index (χ0) is 9.28. The zero-order valence-corrected chi connectivity index (χ0v) is 5.55. The summed E-state index contributed by atoms with van der Waals surface area (Å²) in [5, 5.41) is 0. The van der Waals surface area contributed by atoms with E-state index in [2.05, 4.69) is 0 Å². The van der Waals surface area contributed by atoms with E-state index in [4.69, 9.17) is 0 Å². The maximum absolute atomic E-state index is 11.6. The van der Waals surface area contributed by atoms with Crippen LogP contribution < -0.4 is 4.72 Å². The quantitative estimate of drug-likeness (QED) is 0.380. The lowest BCUT2D eigenvalue weighted by atomic mass is 10.6. The van der Waals surface area contributed by atoms with E-state index >= 15 is 0 Å². The monoisotopic (exact) mass is 199 g/mol. The van der Waals surface area contributed by atoms with E-state index in [1.54, 1.807) is 0 Å². The number of thiol groups is 1. The molecule has 68 valence electrons. The van der Waals surface area contributed by atoms with Crippen molar-refractivity contribution < 1.29 is 30.4 Å². The number of hydrogen-bond donors (Lipinski definition) is 2. The second-order valence-corrected chi connectivity index (χ2v) is 2.18. The molecule has 0 aliphatic rings. The topological polar surface area (TPSA) is 46.2 Å². The lowest BCUT2D eigenvalue weighted by molar-refractivity contribution is -0.286. The average molecular weight is 199 g/mol. The van der Waals surface area contributed by atoms with Crippen LogP contribution in [-0.2, 0) is 10.9 Å². The van der Waals surface area contributed by atoms with Gasteiger partial charge in [-0.3, -0.25) is 0 Å². The average Bonchev–Trinajstić information content (AvgIpc) is 1.56. The van der Waals surface area contributed by atoms with Crippen molar-refractivity contribution in [2.45, 2.75) is 12.2 Å². The maximum atomic E-state index is 11.6. The Balaban J connectivity index is 4.47. The third-order valence-corrected chi connectivity index (χ3v) is 1.05. The molecule has 0 aromatic rings. The summed E-state index contributed by atoms with van der Waals surface area (Å²) in [6.07, 6.45) is -5.90. The van der Waals surface area contributed by atoms with Crippen molar-refractivity contribution in [1.29, 1.82) is 0 Å². The first-order valence-electron chi connectivity index (χ1n) is 2.03. The molecule has 0 spiro atoms. The van der Waals surface area contributed by atoms with Crippen LogP contribution in [0.25, 0.3) is 0 Å². The molecule has 0 bridgehead atoms. The molecule has 9 heteroatoms. The molecule has 0 radical (unpaired) electrons. The summed E-state index contributed by atoms with van der Waals surface area (Å²) >= 11 is 0. The molecule has 3 nitrogen and oxygen atoms in total. The molecule has 1 N–H and O–H groups in total. The maximum Gasteiger partial charge on any atom is 0.470 e. The molecule has 0 aromatic heterocycles. The van der Waals surface area contributed by atoms with Crippen molar-refractivity contribution in [3.05, 3.63) is 0 Å². The fourth-order valence-electron chi connectivity index (χ4n) is 0.178. The standard InChI is InChI=1S/C2H2F5NO2S/c3-1(4,5)2(6,7)8-11(9)10/h11H,(H,8,9,10). The van der Waals surface area contributed by atoms with Crippen molar-refractivity contribution >= 4 is 10.9 Å². The molecule has 0 atom stereocenters. The van der Waals surface area contributed by atoms with Gasteiger partial charge in [-0.25, -0.2) is 8.42 Å². The molecule has 0 amide bonds. The van der Waals surface area contributed by atoms with Gasteiger partial charge < -0.3 is 0 Å². The lowest BCUT2D eigenvalue weighted by Gasteiger charge is -2.16. The van der Waals surface area contributed by atoms with E-state index in [9.17, 15) is 30.4 Å². The molecule has 0 aliphatic carbocycles. The van der Waals surface area contributed by atoms with E-state index in [-0.39, 0.29) is 4.72 Å². The minimum absolute atomic E-state index is 0.0544. The number of hydrogen-bond acceptors (Lipinski definition) is 2. The fourth-order valence-corrected chi connectivity index (χ4v) is 0.534. The number of nitrogens with one attached hydrogen (secondary N) is 1. The Morgan fingerprint density at radius 1 is 1.00 bits per heavy atom. The third-order valence-electron chi connectivity index (χ3n) is 0.588. The van der Waals surface area contributed by atoms with Crippen LogP contribution in [-0.4, -0.2) is 20.6 Å². The summed E-state index contributed by atoms with van der Waals surface area (Å²) in [5.41, 5.74) is 0. The largest absolute Gasteiger partial charge is 0.470 e. The van der Waals surface area contributed by atoms with Crippen molar-refractivity contribution in [3.8, 4) is 0 Å². The van der Waals surface area contributed by atoms with Gasteiger partial charge in [0.2, 0.25) is 10.9 Å². The molecule has 11 heavy (non-hydrogen) atoms. The highest BCUT2D eigenvalue weighted by atomic mass is 32.2. The van der Waals surface area contributed by atoms with Gasteiger partial charge in [0.05, 0.1) is 0 Å². The molecule has 0 aliphatic heterocycles. The summed E-state index contributed by atoms with van der Waals surface area (Å²) in [7, 11) is -3.97. The summed E-state index contributed by atoms with van der Waals surface area (Å²) in [4.78, 5) is 0. The lowest BCUT2D eigenvalue weighted by Crippen LogP contribution is -2.48. The van der Waals surface area contributed by atoms with Gasteiger partial charge in [0.25, 0.3) is 0 Å². The van der Waals surface area contributed by atoms with Crippen molar-refractivity contribution in [2.24, 2.45) is 0 Å². The molecule has 0 saturated carbocycles. The molecular formula is C2H2F5NO2S. The van der Waals surface area contributed by atoms with Crippen molar-refractivity contribution in [2.75, 3.05) is 0 Å².